The highest BCUT2D eigenvalue weighted by Gasteiger charge is 2.31. The van der Waals surface area contributed by atoms with Gasteiger partial charge >= 0.3 is 5.63 Å². The lowest BCUT2D eigenvalue weighted by Gasteiger charge is -2.30. The molecule has 3 N–H and O–H groups in total. The highest BCUT2D eigenvalue weighted by Crippen LogP contribution is 2.44. The Labute approximate surface area is 189 Å². The minimum atomic E-state index is -0.657. The van der Waals surface area contributed by atoms with Crippen LogP contribution in [0.4, 0.5) is 0 Å². The largest absolute Gasteiger partial charge is 0.508 e. The predicted molar refractivity (Wildman–Crippen MR) is 126 cm³/mol. The predicted octanol–water partition coefficient (Wildman–Crippen LogP) is 5.84. The van der Waals surface area contributed by atoms with E-state index in [9.17, 15) is 20.1 Å². The number of hydrogen-bond acceptors (Lipinski definition) is 5. The average Bonchev–Trinajstić information content (AvgIpc) is 2.64. The molecule has 0 radical (unpaired) electrons. The van der Waals surface area contributed by atoms with Crippen LogP contribution in [0.3, 0.4) is 0 Å². The summed E-state index contributed by atoms with van der Waals surface area (Å²) in [5.41, 5.74) is 1.72. The summed E-state index contributed by atoms with van der Waals surface area (Å²) < 4.78 is 5.34. The van der Waals surface area contributed by atoms with Crippen LogP contribution in [0.15, 0.2) is 51.7 Å². The number of benzene rings is 2. The normalized spacial score (nSPS) is 13.2. The van der Waals surface area contributed by atoms with E-state index >= 15 is 0 Å². The Morgan fingerprint density at radius 2 is 1.28 bits per heavy atom. The molecule has 3 rings (SSSR count). The second-order valence-electron chi connectivity index (χ2n) is 10.4. The lowest BCUT2D eigenvalue weighted by Crippen LogP contribution is -2.21. The maximum absolute atomic E-state index is 12.9. The van der Waals surface area contributed by atoms with Gasteiger partial charge in [-0.2, -0.15) is 0 Å². The van der Waals surface area contributed by atoms with Crippen LogP contribution in [0.5, 0.6) is 17.2 Å². The fraction of sp³-hybridized carbons (Fsp3) is 0.370. The molecule has 0 amide bonds. The molecule has 3 aromatic rings. The van der Waals surface area contributed by atoms with Gasteiger partial charge in [-0.1, -0.05) is 65.8 Å². The summed E-state index contributed by atoms with van der Waals surface area (Å²) in [5.74, 6) is -0.158. The Hall–Kier alpha value is -3.21. The number of phenolic OH excluding ortho intramolecular Hbond substituents is 2. The fourth-order valence-corrected chi connectivity index (χ4v) is 4.03. The monoisotopic (exact) mass is 436 g/mol. The molecule has 0 fully saturated rings. The molecule has 0 aliphatic carbocycles. The molecule has 0 aliphatic heterocycles. The summed E-state index contributed by atoms with van der Waals surface area (Å²) in [6.45, 7) is 13.7. The molecule has 5 heteroatoms. The number of rotatable bonds is 3. The van der Waals surface area contributed by atoms with E-state index in [-0.39, 0.29) is 33.6 Å². The van der Waals surface area contributed by atoms with Gasteiger partial charge in [0.2, 0.25) is 0 Å². The fourth-order valence-electron chi connectivity index (χ4n) is 4.03. The van der Waals surface area contributed by atoms with Crippen LogP contribution >= 0.6 is 0 Å². The van der Waals surface area contributed by atoms with Crippen LogP contribution in [0.25, 0.3) is 0 Å². The molecule has 0 spiro atoms. The van der Waals surface area contributed by atoms with Gasteiger partial charge in [-0.25, -0.2) is 4.79 Å². The molecule has 0 bridgehead atoms. The van der Waals surface area contributed by atoms with Gasteiger partial charge in [0.1, 0.15) is 23.0 Å². The summed E-state index contributed by atoms with van der Waals surface area (Å²) >= 11 is 0. The van der Waals surface area contributed by atoms with Crippen LogP contribution in [0.1, 0.15) is 81.0 Å². The van der Waals surface area contributed by atoms with Gasteiger partial charge in [-0.15, -0.1) is 0 Å². The van der Waals surface area contributed by atoms with E-state index in [0.717, 1.165) is 16.7 Å². The van der Waals surface area contributed by atoms with Crippen molar-refractivity contribution in [3.05, 3.63) is 86.5 Å². The molecule has 0 aliphatic rings. The van der Waals surface area contributed by atoms with Crippen LogP contribution < -0.4 is 5.63 Å². The van der Waals surface area contributed by atoms with Crippen molar-refractivity contribution in [1.29, 1.82) is 0 Å². The Kier molecular flexibility index (Phi) is 5.90. The summed E-state index contributed by atoms with van der Waals surface area (Å²) in [5, 5.41) is 31.7. The molecule has 1 unspecified atom stereocenters. The molecular weight excluding hydrogens is 404 g/mol. The van der Waals surface area contributed by atoms with Crippen molar-refractivity contribution in [1.82, 2.24) is 0 Å². The third kappa shape index (κ3) is 4.52. The molecule has 2 aromatic carbocycles. The first kappa shape index (κ1) is 23.5. The Morgan fingerprint density at radius 1 is 0.781 bits per heavy atom. The van der Waals surface area contributed by atoms with Gasteiger partial charge < -0.3 is 19.7 Å². The third-order valence-corrected chi connectivity index (χ3v) is 5.69. The topological polar surface area (TPSA) is 90.9 Å². The average molecular weight is 437 g/mol. The molecule has 0 saturated carbocycles. The second-order valence-corrected chi connectivity index (χ2v) is 10.4. The summed E-state index contributed by atoms with van der Waals surface area (Å²) in [6.07, 6.45) is 0. The van der Waals surface area contributed by atoms with Crippen molar-refractivity contribution < 1.29 is 19.7 Å². The smallest absolute Gasteiger partial charge is 0.343 e. The highest BCUT2D eigenvalue weighted by atomic mass is 16.4. The summed E-state index contributed by atoms with van der Waals surface area (Å²) in [7, 11) is 0. The molecule has 0 saturated heterocycles. The maximum atomic E-state index is 12.9. The van der Waals surface area contributed by atoms with E-state index in [1.807, 2.05) is 53.7 Å². The minimum Gasteiger partial charge on any atom is -0.508 e. The van der Waals surface area contributed by atoms with Gasteiger partial charge in [0.05, 0.1) is 5.56 Å². The van der Waals surface area contributed by atoms with Gasteiger partial charge in [0.25, 0.3) is 0 Å². The highest BCUT2D eigenvalue weighted by molar-refractivity contribution is 5.56. The van der Waals surface area contributed by atoms with E-state index in [1.54, 1.807) is 31.2 Å². The van der Waals surface area contributed by atoms with E-state index in [4.69, 9.17) is 4.42 Å². The maximum Gasteiger partial charge on any atom is 0.343 e. The SMILES string of the molecule is Cc1cc(O)c(C(c2ccc(O)cc2)c2cc(C(C)(C)C)c(O)c(C(C)(C)C)c2)c(=O)o1. The molecule has 1 heterocycles. The lowest BCUT2D eigenvalue weighted by molar-refractivity contribution is 0.419. The van der Waals surface area contributed by atoms with Crippen LogP contribution in [0.2, 0.25) is 0 Å². The zero-order chi connectivity index (χ0) is 24.0. The van der Waals surface area contributed by atoms with Crippen molar-refractivity contribution in [2.75, 3.05) is 0 Å². The molecule has 170 valence electrons. The summed E-state index contributed by atoms with van der Waals surface area (Å²) in [6, 6.07) is 11.7. The van der Waals surface area contributed by atoms with Crippen molar-refractivity contribution in [3.8, 4) is 17.2 Å². The molecule has 32 heavy (non-hydrogen) atoms. The van der Waals surface area contributed by atoms with Gasteiger partial charge in [-0.3, -0.25) is 0 Å². The Balaban J connectivity index is 2.43. The van der Waals surface area contributed by atoms with Crippen molar-refractivity contribution in [2.45, 2.75) is 65.2 Å². The van der Waals surface area contributed by atoms with Crippen LogP contribution in [-0.4, -0.2) is 15.3 Å². The first-order chi connectivity index (χ1) is 14.7. The molecule has 1 aromatic heterocycles. The Morgan fingerprint density at radius 3 is 1.72 bits per heavy atom. The van der Waals surface area contributed by atoms with E-state index in [2.05, 4.69) is 0 Å². The number of hydrogen-bond donors (Lipinski definition) is 3. The first-order valence-electron chi connectivity index (χ1n) is 10.7. The van der Waals surface area contributed by atoms with Gasteiger partial charge in [-0.05, 0) is 52.1 Å². The molecule has 5 nitrogen and oxygen atoms in total. The van der Waals surface area contributed by atoms with Crippen molar-refractivity contribution in [3.63, 3.8) is 0 Å². The van der Waals surface area contributed by atoms with E-state index < -0.39 is 11.5 Å². The van der Waals surface area contributed by atoms with Gasteiger partial charge in [0, 0.05) is 12.0 Å². The van der Waals surface area contributed by atoms with Crippen LogP contribution in [0, 0.1) is 6.92 Å². The quantitative estimate of drug-likeness (QED) is 0.480. The zero-order valence-electron chi connectivity index (χ0n) is 19.8. The third-order valence-electron chi connectivity index (χ3n) is 5.69. The number of phenols is 2. The zero-order valence-corrected chi connectivity index (χ0v) is 19.8. The molecular formula is C27H32O5. The summed E-state index contributed by atoms with van der Waals surface area (Å²) in [4.78, 5) is 12.9. The van der Waals surface area contributed by atoms with E-state index in [1.165, 1.54) is 6.07 Å². The van der Waals surface area contributed by atoms with Crippen molar-refractivity contribution >= 4 is 0 Å². The number of aromatic hydroxyl groups is 3. The minimum absolute atomic E-state index is 0.101. The standard InChI is InChI=1S/C27H32O5/c1-15-12-21(29)23(25(31)32-15)22(16-8-10-18(28)11-9-16)17-13-19(26(2,3)4)24(30)20(14-17)27(5,6)7/h8-14,22,28-30H,1-7H3. The second kappa shape index (κ2) is 8.05. The van der Waals surface area contributed by atoms with Crippen LogP contribution in [-0.2, 0) is 10.8 Å². The lowest BCUT2D eigenvalue weighted by atomic mass is 9.75. The van der Waals surface area contributed by atoms with Gasteiger partial charge in [0.15, 0.2) is 0 Å². The van der Waals surface area contributed by atoms with E-state index in [0.29, 0.717) is 11.3 Å². The number of aryl methyl sites for hydroxylation is 1. The van der Waals surface area contributed by atoms with Crippen molar-refractivity contribution in [2.24, 2.45) is 0 Å². The molecule has 1 atom stereocenters. The Bertz CT molecular complexity index is 1150. The first-order valence-corrected chi connectivity index (χ1v) is 10.7.